The zero-order valence-electron chi connectivity index (χ0n) is 27.1. The van der Waals surface area contributed by atoms with Gasteiger partial charge in [0.25, 0.3) is 0 Å². The summed E-state index contributed by atoms with van der Waals surface area (Å²) in [4.78, 5) is 40.0. The zero-order valence-corrected chi connectivity index (χ0v) is 27.1. The SMILES string of the molecule is CC(=O)O[C@@H]1c2c(ccc3cc([C@H](CCO)COCO)c(=O)oc23)O[C@@]2(C)CC#CCc3cccc(c3)CCC(=C(C)C)C(=O)O[C@@H]12. The van der Waals surface area contributed by atoms with Crippen molar-refractivity contribution in [2.75, 3.05) is 20.0 Å². The van der Waals surface area contributed by atoms with Gasteiger partial charge >= 0.3 is 17.6 Å². The van der Waals surface area contributed by atoms with Gasteiger partial charge in [-0.25, -0.2) is 9.59 Å². The molecule has 2 aliphatic rings. The Morgan fingerprint density at radius 3 is 2.57 bits per heavy atom. The van der Waals surface area contributed by atoms with E-state index in [4.69, 9.17) is 28.5 Å². The first-order chi connectivity index (χ1) is 22.5. The van der Waals surface area contributed by atoms with Gasteiger partial charge in [-0.1, -0.05) is 41.7 Å². The highest BCUT2D eigenvalue weighted by molar-refractivity contribution is 5.90. The van der Waals surface area contributed by atoms with Crippen LogP contribution in [-0.2, 0) is 36.6 Å². The summed E-state index contributed by atoms with van der Waals surface area (Å²) >= 11 is 0. The van der Waals surface area contributed by atoms with Crippen molar-refractivity contribution in [2.24, 2.45) is 0 Å². The van der Waals surface area contributed by atoms with E-state index in [0.29, 0.717) is 36.0 Å². The second-order valence-corrected chi connectivity index (χ2v) is 12.4. The number of carbonyl (C=O) groups excluding carboxylic acids is 2. The second kappa shape index (κ2) is 14.6. The van der Waals surface area contributed by atoms with E-state index in [9.17, 15) is 19.5 Å². The van der Waals surface area contributed by atoms with E-state index in [2.05, 4.69) is 17.9 Å². The van der Waals surface area contributed by atoms with Gasteiger partial charge in [0.15, 0.2) is 17.8 Å². The summed E-state index contributed by atoms with van der Waals surface area (Å²) in [5, 5.41) is 19.2. The number of ether oxygens (including phenoxy) is 4. The van der Waals surface area contributed by atoms with Crippen LogP contribution in [0.1, 0.15) is 81.2 Å². The third kappa shape index (κ3) is 7.43. The monoisotopic (exact) mass is 644 g/mol. The molecular formula is C37H40O10. The molecule has 0 aliphatic carbocycles. The Bertz CT molecular complexity index is 1810. The standard InChI is InChI=1S/C37H40O10/c1-22(2)28-13-11-25-10-7-9-24(18-25)8-5-6-16-37(4)34(46-35(28)41)33(44-23(3)40)31-30(47-37)14-12-26-19-29(36(42)45-32(26)31)27(15-17-38)20-43-21-39/h7,9-10,12,14,18-19,27,33-34,38-39H,8,11,13,15-17,20-21H2,1-4H3/t27-,33-,34+,37+/m1/s1. The zero-order chi connectivity index (χ0) is 33.7. The number of hydrogen-bond acceptors (Lipinski definition) is 10. The third-order valence-electron chi connectivity index (χ3n) is 8.65. The maximum Gasteiger partial charge on any atom is 0.339 e. The van der Waals surface area contributed by atoms with E-state index in [1.165, 1.54) is 6.92 Å². The molecule has 10 nitrogen and oxygen atoms in total. The average Bonchev–Trinajstić information content (AvgIpc) is 3.02. The van der Waals surface area contributed by atoms with Crippen LogP contribution in [0.25, 0.3) is 11.0 Å². The van der Waals surface area contributed by atoms with Crippen LogP contribution in [0.5, 0.6) is 5.75 Å². The van der Waals surface area contributed by atoms with Crippen molar-refractivity contribution >= 4 is 22.9 Å². The Labute approximate surface area is 273 Å². The summed E-state index contributed by atoms with van der Waals surface area (Å²) in [6.07, 6.45) is -0.445. The Balaban J connectivity index is 1.66. The summed E-state index contributed by atoms with van der Waals surface area (Å²) in [5.41, 5.74) is 2.12. The van der Waals surface area contributed by atoms with Crippen LogP contribution in [0.3, 0.4) is 0 Å². The predicted octanol–water partition coefficient (Wildman–Crippen LogP) is 4.81. The minimum Gasteiger partial charge on any atom is -0.482 e. The molecule has 5 rings (SSSR count). The molecule has 2 aromatic carbocycles. The summed E-state index contributed by atoms with van der Waals surface area (Å²) in [7, 11) is 0. The number of aliphatic hydroxyl groups is 2. The molecule has 0 saturated heterocycles. The molecule has 1 aromatic heterocycles. The summed E-state index contributed by atoms with van der Waals surface area (Å²) in [5.74, 6) is 4.96. The number of allylic oxidation sites excluding steroid dienone is 1. The van der Waals surface area contributed by atoms with E-state index < -0.39 is 48.1 Å². The van der Waals surface area contributed by atoms with Gasteiger partial charge < -0.3 is 33.6 Å². The van der Waals surface area contributed by atoms with Gasteiger partial charge in [-0.05, 0) is 69.4 Å². The van der Waals surface area contributed by atoms with Gasteiger partial charge in [0.05, 0.1) is 18.6 Å². The van der Waals surface area contributed by atoms with Crippen molar-refractivity contribution in [3.8, 4) is 17.6 Å². The number of rotatable bonds is 7. The number of esters is 2. The van der Waals surface area contributed by atoms with Crippen LogP contribution in [0, 0.1) is 11.8 Å². The Morgan fingerprint density at radius 2 is 1.85 bits per heavy atom. The molecule has 0 radical (unpaired) electrons. The summed E-state index contributed by atoms with van der Waals surface area (Å²) in [6.45, 7) is 5.97. The third-order valence-corrected chi connectivity index (χ3v) is 8.65. The lowest BCUT2D eigenvalue weighted by atomic mass is 9.83. The van der Waals surface area contributed by atoms with Gasteiger partial charge in [0.1, 0.15) is 18.1 Å². The van der Waals surface area contributed by atoms with Crippen LogP contribution in [0.15, 0.2) is 62.8 Å². The number of aryl methyl sites for hydroxylation is 1. The topological polar surface area (TPSA) is 142 Å². The fourth-order valence-electron chi connectivity index (χ4n) is 6.24. The maximum atomic E-state index is 13.9. The van der Waals surface area contributed by atoms with Gasteiger partial charge in [-0.2, -0.15) is 0 Å². The number of carbonyl (C=O) groups is 2. The highest BCUT2D eigenvalue weighted by atomic mass is 16.6. The average molecular weight is 645 g/mol. The minimum absolute atomic E-state index is 0.00752. The lowest BCUT2D eigenvalue weighted by Crippen LogP contribution is -2.54. The number of benzene rings is 2. The fraction of sp³-hybridized carbons (Fsp3) is 0.432. The number of fused-ring (bicyclic) bond motifs is 6. The van der Waals surface area contributed by atoms with Crippen LogP contribution in [-0.4, -0.2) is 53.9 Å². The lowest BCUT2D eigenvalue weighted by molar-refractivity contribution is -0.188. The van der Waals surface area contributed by atoms with E-state index >= 15 is 0 Å². The Hall–Kier alpha value is -4.43. The van der Waals surface area contributed by atoms with Crippen LogP contribution >= 0.6 is 0 Å². The first kappa shape index (κ1) is 33.9. The molecule has 2 N–H and O–H groups in total. The van der Waals surface area contributed by atoms with E-state index in [1.807, 2.05) is 32.0 Å². The molecule has 3 aromatic rings. The van der Waals surface area contributed by atoms with Gasteiger partial charge in [0.2, 0.25) is 0 Å². The molecule has 2 bridgehead atoms. The van der Waals surface area contributed by atoms with Crippen LogP contribution in [0.4, 0.5) is 0 Å². The van der Waals surface area contributed by atoms with E-state index in [1.54, 1.807) is 25.1 Å². The Morgan fingerprint density at radius 1 is 1.06 bits per heavy atom. The van der Waals surface area contributed by atoms with Crippen molar-refractivity contribution < 1.29 is 43.2 Å². The molecule has 0 saturated carbocycles. The quantitative estimate of drug-likeness (QED) is 0.121. The summed E-state index contributed by atoms with van der Waals surface area (Å²) in [6, 6.07) is 13.2. The van der Waals surface area contributed by atoms with E-state index in [0.717, 1.165) is 16.7 Å². The second-order valence-electron chi connectivity index (χ2n) is 12.4. The van der Waals surface area contributed by atoms with Crippen molar-refractivity contribution in [1.29, 1.82) is 0 Å². The minimum atomic E-state index is -1.25. The molecule has 0 spiro atoms. The summed E-state index contributed by atoms with van der Waals surface area (Å²) < 4.78 is 29.8. The molecule has 0 amide bonds. The lowest BCUT2D eigenvalue weighted by Gasteiger charge is -2.44. The van der Waals surface area contributed by atoms with Crippen LogP contribution < -0.4 is 10.4 Å². The van der Waals surface area contributed by atoms with Crippen molar-refractivity contribution in [3.63, 3.8) is 0 Å². The fourth-order valence-corrected chi connectivity index (χ4v) is 6.24. The predicted molar refractivity (Wildman–Crippen MR) is 173 cm³/mol. The van der Waals surface area contributed by atoms with Gasteiger partial charge in [-0.3, -0.25) is 4.79 Å². The first-order valence-electron chi connectivity index (χ1n) is 15.7. The van der Waals surface area contributed by atoms with Crippen molar-refractivity contribution in [2.45, 2.75) is 83.5 Å². The van der Waals surface area contributed by atoms with Crippen LogP contribution in [0.2, 0.25) is 0 Å². The smallest absolute Gasteiger partial charge is 0.339 e. The molecular weight excluding hydrogens is 604 g/mol. The largest absolute Gasteiger partial charge is 0.482 e. The van der Waals surface area contributed by atoms with Crippen molar-refractivity contribution in [3.05, 3.63) is 86.3 Å². The highest BCUT2D eigenvalue weighted by Crippen LogP contribution is 2.48. The molecule has 4 atom stereocenters. The molecule has 3 heterocycles. The number of hydrogen-bond donors (Lipinski definition) is 2. The highest BCUT2D eigenvalue weighted by Gasteiger charge is 2.52. The normalized spacial score (nSPS) is 21.6. The molecule has 2 aliphatic heterocycles. The Kier molecular flexibility index (Phi) is 10.5. The maximum absolute atomic E-state index is 13.9. The molecule has 47 heavy (non-hydrogen) atoms. The molecule has 0 fully saturated rings. The molecule has 0 unspecified atom stereocenters. The van der Waals surface area contributed by atoms with Gasteiger partial charge in [0, 0.05) is 42.4 Å². The van der Waals surface area contributed by atoms with Crippen molar-refractivity contribution in [1.82, 2.24) is 0 Å². The first-order valence-corrected chi connectivity index (χ1v) is 15.7. The van der Waals surface area contributed by atoms with E-state index in [-0.39, 0.29) is 42.8 Å². The number of aliphatic hydroxyl groups excluding tert-OH is 2. The molecule has 10 heteroatoms. The van der Waals surface area contributed by atoms with Gasteiger partial charge in [-0.15, -0.1) is 0 Å². The molecule has 248 valence electrons.